The van der Waals surface area contributed by atoms with Gasteiger partial charge in [0, 0.05) is 19.3 Å². The van der Waals surface area contributed by atoms with Gasteiger partial charge in [-0.2, -0.15) is 0 Å². The van der Waals surface area contributed by atoms with E-state index in [-0.39, 0.29) is 12.3 Å². The summed E-state index contributed by atoms with van der Waals surface area (Å²) in [4.78, 5) is 15.6. The first-order chi connectivity index (χ1) is 14.2. The lowest BCUT2D eigenvalue weighted by Gasteiger charge is -2.17. The number of rotatable bonds is 11. The van der Waals surface area contributed by atoms with E-state index in [1.54, 1.807) is 6.20 Å². The summed E-state index contributed by atoms with van der Waals surface area (Å²) in [5.74, 6) is 0.200. The summed E-state index contributed by atoms with van der Waals surface area (Å²) >= 11 is 0. The Morgan fingerprint density at radius 2 is 2.00 bits per heavy atom. The smallest absolute Gasteiger partial charge is 0.303 e. The second-order valence-electron chi connectivity index (χ2n) is 7.52. The van der Waals surface area contributed by atoms with Crippen molar-refractivity contribution in [3.8, 4) is 0 Å². The van der Waals surface area contributed by atoms with Gasteiger partial charge in [0.1, 0.15) is 5.82 Å². The van der Waals surface area contributed by atoms with Gasteiger partial charge in [-0.25, -0.2) is 4.98 Å². The number of ether oxygens (including phenoxy) is 1. The van der Waals surface area contributed by atoms with Crippen LogP contribution >= 0.6 is 0 Å². The molecule has 2 aromatic rings. The number of carbonyl (C=O) groups is 1. The lowest BCUT2D eigenvalue weighted by molar-refractivity contribution is -0.137. The molecule has 1 aromatic heterocycles. The number of benzene rings is 1. The zero-order valence-electron chi connectivity index (χ0n) is 16.8. The van der Waals surface area contributed by atoms with Crippen LogP contribution in [0.4, 0.5) is 5.82 Å². The van der Waals surface area contributed by atoms with E-state index in [1.807, 2.05) is 30.3 Å². The second kappa shape index (κ2) is 11.4. The van der Waals surface area contributed by atoms with Gasteiger partial charge < -0.3 is 15.2 Å². The van der Waals surface area contributed by atoms with Crippen molar-refractivity contribution in [2.24, 2.45) is 0 Å². The molecule has 5 heteroatoms. The number of carboxylic acids is 1. The van der Waals surface area contributed by atoms with Crippen LogP contribution in [-0.2, 0) is 16.0 Å². The molecule has 1 aromatic carbocycles. The summed E-state index contributed by atoms with van der Waals surface area (Å²) < 4.78 is 5.90. The Hall–Kier alpha value is -2.66. The van der Waals surface area contributed by atoms with E-state index in [2.05, 4.69) is 28.5 Å². The number of aliphatic carboxylic acids is 1. The molecule has 0 aliphatic heterocycles. The molecule has 29 heavy (non-hydrogen) atoms. The summed E-state index contributed by atoms with van der Waals surface area (Å²) in [5, 5.41) is 12.6. The maximum Gasteiger partial charge on any atom is 0.303 e. The minimum absolute atomic E-state index is 0.0266. The van der Waals surface area contributed by atoms with Crippen molar-refractivity contribution in [1.82, 2.24) is 4.98 Å². The fraction of sp³-hybridized carbons (Fsp3) is 0.417. The second-order valence-corrected chi connectivity index (χ2v) is 7.52. The molecule has 0 saturated heterocycles. The lowest BCUT2D eigenvalue weighted by Crippen LogP contribution is -2.10. The van der Waals surface area contributed by atoms with E-state index < -0.39 is 5.97 Å². The van der Waals surface area contributed by atoms with Gasteiger partial charge >= 0.3 is 5.97 Å². The van der Waals surface area contributed by atoms with Crippen LogP contribution in [0.1, 0.15) is 49.1 Å². The lowest BCUT2D eigenvalue weighted by atomic mass is 9.88. The number of pyridine rings is 1. The number of aromatic nitrogens is 1. The molecule has 0 saturated carbocycles. The van der Waals surface area contributed by atoms with Crippen molar-refractivity contribution in [3.05, 3.63) is 71.4 Å². The fourth-order valence-electron chi connectivity index (χ4n) is 3.79. The highest BCUT2D eigenvalue weighted by Crippen LogP contribution is 2.33. The first-order valence-corrected chi connectivity index (χ1v) is 10.4. The van der Waals surface area contributed by atoms with Gasteiger partial charge in [0.25, 0.3) is 0 Å². The van der Waals surface area contributed by atoms with Gasteiger partial charge in [-0.15, -0.1) is 0 Å². The van der Waals surface area contributed by atoms with E-state index in [4.69, 9.17) is 4.74 Å². The van der Waals surface area contributed by atoms with Gasteiger partial charge in [-0.05, 0) is 66.9 Å². The summed E-state index contributed by atoms with van der Waals surface area (Å²) in [5.41, 5.74) is 3.61. The SMILES string of the molecule is O=C(O)CC1CC(COCCCCCNc2ccccn2)=CCc2ccccc21. The minimum atomic E-state index is -0.744. The molecule has 3 rings (SSSR count). The monoisotopic (exact) mass is 394 g/mol. The molecule has 0 spiro atoms. The molecular weight excluding hydrogens is 364 g/mol. The first-order valence-electron chi connectivity index (χ1n) is 10.4. The van der Waals surface area contributed by atoms with Crippen LogP contribution in [0, 0.1) is 0 Å². The molecule has 0 radical (unpaired) electrons. The van der Waals surface area contributed by atoms with Crippen LogP contribution in [0.15, 0.2) is 60.3 Å². The van der Waals surface area contributed by atoms with E-state index in [1.165, 1.54) is 16.7 Å². The zero-order valence-corrected chi connectivity index (χ0v) is 16.8. The fourth-order valence-corrected chi connectivity index (χ4v) is 3.79. The Labute approximate surface area is 172 Å². The van der Waals surface area contributed by atoms with E-state index >= 15 is 0 Å². The summed E-state index contributed by atoms with van der Waals surface area (Å²) in [6.45, 7) is 2.24. The molecule has 0 fully saturated rings. The van der Waals surface area contributed by atoms with Gasteiger partial charge in [-0.3, -0.25) is 4.79 Å². The van der Waals surface area contributed by atoms with Crippen LogP contribution in [0.3, 0.4) is 0 Å². The third kappa shape index (κ3) is 7.02. The number of allylic oxidation sites excluding steroid dienone is 1. The van der Waals surface area contributed by atoms with Crippen molar-refractivity contribution >= 4 is 11.8 Å². The average Bonchev–Trinajstić information content (AvgIpc) is 2.90. The number of nitrogens with zero attached hydrogens (tertiary/aromatic N) is 1. The van der Waals surface area contributed by atoms with E-state index in [0.717, 1.165) is 51.1 Å². The van der Waals surface area contributed by atoms with Crippen LogP contribution in [0.5, 0.6) is 0 Å². The molecule has 1 unspecified atom stereocenters. The standard InChI is InChI=1S/C24H30N2O3/c27-24(28)17-21-16-19(11-12-20-8-2-3-9-22(20)21)18-29-15-7-1-5-13-25-23-10-4-6-14-26-23/h2-4,6,8-11,14,21H,1,5,7,12-13,15-18H2,(H,25,26)(H,27,28). The van der Waals surface area contributed by atoms with Crippen LogP contribution < -0.4 is 5.32 Å². The number of fused-ring (bicyclic) bond motifs is 1. The number of unbranched alkanes of at least 4 members (excludes halogenated alkanes) is 2. The Kier molecular flexibility index (Phi) is 8.25. The van der Waals surface area contributed by atoms with Crippen molar-refractivity contribution in [2.75, 3.05) is 25.1 Å². The predicted octanol–water partition coefficient (Wildman–Crippen LogP) is 4.81. The molecule has 5 nitrogen and oxygen atoms in total. The molecule has 1 heterocycles. The summed E-state index contributed by atoms with van der Waals surface area (Å²) in [7, 11) is 0. The molecule has 0 amide bonds. The Balaban J connectivity index is 1.36. The van der Waals surface area contributed by atoms with Gasteiger partial charge in [-0.1, -0.05) is 36.4 Å². The number of hydrogen-bond acceptors (Lipinski definition) is 4. The molecular formula is C24H30N2O3. The van der Waals surface area contributed by atoms with Gasteiger partial charge in [0.05, 0.1) is 13.0 Å². The summed E-state index contributed by atoms with van der Waals surface area (Å²) in [6.07, 6.45) is 9.00. The number of nitrogens with one attached hydrogen (secondary N) is 1. The van der Waals surface area contributed by atoms with Crippen LogP contribution in [0.25, 0.3) is 0 Å². The van der Waals surface area contributed by atoms with Crippen molar-refractivity contribution in [2.45, 2.75) is 44.4 Å². The van der Waals surface area contributed by atoms with E-state index in [9.17, 15) is 9.90 Å². The number of anilines is 1. The number of hydrogen-bond donors (Lipinski definition) is 2. The molecule has 1 aliphatic carbocycles. The topological polar surface area (TPSA) is 71.5 Å². The highest BCUT2D eigenvalue weighted by atomic mass is 16.5. The first kappa shape index (κ1) is 21.1. The molecule has 1 atom stereocenters. The van der Waals surface area contributed by atoms with Crippen LogP contribution in [-0.4, -0.2) is 35.8 Å². The molecule has 2 N–H and O–H groups in total. The third-order valence-corrected chi connectivity index (χ3v) is 5.26. The normalized spacial score (nSPS) is 15.9. The highest BCUT2D eigenvalue weighted by molar-refractivity contribution is 5.68. The maximum atomic E-state index is 11.3. The minimum Gasteiger partial charge on any atom is -0.481 e. The van der Waals surface area contributed by atoms with Crippen molar-refractivity contribution < 1.29 is 14.6 Å². The average molecular weight is 395 g/mol. The number of carboxylic acid groups (broad SMARTS) is 1. The third-order valence-electron chi connectivity index (χ3n) is 5.26. The van der Waals surface area contributed by atoms with Gasteiger partial charge in [0.15, 0.2) is 0 Å². The Bertz CT molecular complexity index is 805. The van der Waals surface area contributed by atoms with Gasteiger partial charge in [0.2, 0.25) is 0 Å². The summed E-state index contributed by atoms with van der Waals surface area (Å²) in [6, 6.07) is 14.1. The Morgan fingerprint density at radius 1 is 1.14 bits per heavy atom. The van der Waals surface area contributed by atoms with Crippen molar-refractivity contribution in [1.29, 1.82) is 0 Å². The largest absolute Gasteiger partial charge is 0.481 e. The highest BCUT2D eigenvalue weighted by Gasteiger charge is 2.22. The molecule has 1 aliphatic rings. The van der Waals surface area contributed by atoms with Crippen LogP contribution in [0.2, 0.25) is 0 Å². The quantitative estimate of drug-likeness (QED) is 0.423. The predicted molar refractivity (Wildman–Crippen MR) is 115 cm³/mol. The molecule has 154 valence electrons. The Morgan fingerprint density at radius 3 is 2.83 bits per heavy atom. The van der Waals surface area contributed by atoms with E-state index in [0.29, 0.717) is 6.61 Å². The maximum absolute atomic E-state index is 11.3. The zero-order chi connectivity index (χ0) is 20.3. The van der Waals surface area contributed by atoms with Crippen molar-refractivity contribution in [3.63, 3.8) is 0 Å². The molecule has 0 bridgehead atoms.